The lowest BCUT2D eigenvalue weighted by Crippen LogP contribution is -2.14. The maximum atomic E-state index is 13.0. The van der Waals surface area contributed by atoms with Crippen molar-refractivity contribution in [1.82, 2.24) is 4.98 Å². The molecule has 1 amide bonds. The molecule has 3 nitrogen and oxygen atoms in total. The molecule has 0 fully saturated rings. The fraction of sp³-hybridized carbons (Fsp3) is 0.143. The number of hydrogen-bond donors (Lipinski definition) is 1. The van der Waals surface area contributed by atoms with Crippen LogP contribution in [0.3, 0.4) is 0 Å². The number of aryl methyl sites for hydroxylation is 1. The van der Waals surface area contributed by atoms with Crippen LogP contribution in [0.2, 0.25) is 0 Å². The third kappa shape index (κ3) is 3.98. The third-order valence-corrected chi connectivity index (χ3v) is 3.38. The molecule has 0 spiro atoms. The molecule has 0 aliphatic heterocycles. The van der Waals surface area contributed by atoms with Crippen molar-refractivity contribution in [3.63, 3.8) is 0 Å². The van der Waals surface area contributed by atoms with Crippen molar-refractivity contribution < 1.29 is 18.0 Å². The molecule has 2 aromatic rings. The number of aromatic nitrogens is 1. The average molecular weight is 312 g/mol. The standard InChI is InChI=1S/C14H11F3N2OS/c1-8-7-9(15)4-5-11(8)19-12(20)10-3-2-6-18-13(10)21-14(16)17/h2-7,14H,1H3,(H,19,20). The molecule has 1 aromatic carbocycles. The summed E-state index contributed by atoms with van der Waals surface area (Å²) in [4.78, 5) is 15.9. The number of amides is 1. The Hall–Kier alpha value is -2.02. The molecule has 0 atom stereocenters. The first-order valence-corrected chi connectivity index (χ1v) is 6.82. The van der Waals surface area contributed by atoms with Gasteiger partial charge >= 0.3 is 0 Å². The van der Waals surface area contributed by atoms with E-state index < -0.39 is 17.5 Å². The summed E-state index contributed by atoms with van der Waals surface area (Å²) in [5, 5.41) is 2.51. The molecule has 0 radical (unpaired) electrons. The molecular weight excluding hydrogens is 301 g/mol. The van der Waals surface area contributed by atoms with Gasteiger partial charge in [0.1, 0.15) is 10.8 Å². The Kier molecular flexibility index (Phi) is 4.85. The van der Waals surface area contributed by atoms with Gasteiger partial charge in [-0.2, -0.15) is 8.78 Å². The van der Waals surface area contributed by atoms with Gasteiger partial charge in [0.25, 0.3) is 11.7 Å². The zero-order valence-electron chi connectivity index (χ0n) is 10.9. The van der Waals surface area contributed by atoms with Crippen LogP contribution in [0, 0.1) is 12.7 Å². The quantitative estimate of drug-likeness (QED) is 0.864. The first-order valence-electron chi connectivity index (χ1n) is 5.94. The van der Waals surface area contributed by atoms with Crippen LogP contribution in [0.25, 0.3) is 0 Å². The lowest BCUT2D eigenvalue weighted by Gasteiger charge is -2.10. The Morgan fingerprint density at radius 1 is 1.33 bits per heavy atom. The number of carbonyl (C=O) groups is 1. The highest BCUT2D eigenvalue weighted by Crippen LogP contribution is 2.27. The van der Waals surface area contributed by atoms with E-state index in [1.54, 1.807) is 6.92 Å². The summed E-state index contributed by atoms with van der Waals surface area (Å²) in [6.45, 7) is 1.64. The molecule has 0 saturated carbocycles. The molecular formula is C14H11F3N2OS. The summed E-state index contributed by atoms with van der Waals surface area (Å²) in [6.07, 6.45) is 1.34. The Labute approximate surface area is 123 Å². The zero-order chi connectivity index (χ0) is 15.4. The van der Waals surface area contributed by atoms with E-state index in [0.717, 1.165) is 0 Å². The lowest BCUT2D eigenvalue weighted by atomic mass is 10.2. The summed E-state index contributed by atoms with van der Waals surface area (Å²) < 4.78 is 37.9. The van der Waals surface area contributed by atoms with E-state index in [0.29, 0.717) is 11.3 Å². The van der Waals surface area contributed by atoms with Crippen LogP contribution in [-0.4, -0.2) is 16.6 Å². The fourth-order valence-electron chi connectivity index (χ4n) is 1.70. The molecule has 110 valence electrons. The second-order valence-electron chi connectivity index (χ2n) is 4.15. The van der Waals surface area contributed by atoms with Crippen LogP contribution in [0.4, 0.5) is 18.9 Å². The highest BCUT2D eigenvalue weighted by atomic mass is 32.2. The molecule has 0 saturated heterocycles. The summed E-state index contributed by atoms with van der Waals surface area (Å²) in [6, 6.07) is 6.79. The first kappa shape index (κ1) is 15.4. The smallest absolute Gasteiger partial charge is 0.290 e. The van der Waals surface area contributed by atoms with Crippen molar-refractivity contribution in [1.29, 1.82) is 0 Å². The molecule has 21 heavy (non-hydrogen) atoms. The van der Waals surface area contributed by atoms with Gasteiger partial charge in [-0.15, -0.1) is 0 Å². The molecule has 7 heteroatoms. The molecule has 2 rings (SSSR count). The molecule has 1 N–H and O–H groups in total. The minimum atomic E-state index is -2.67. The molecule has 0 bridgehead atoms. The number of nitrogens with zero attached hydrogens (tertiary/aromatic N) is 1. The molecule has 1 aromatic heterocycles. The number of benzene rings is 1. The predicted molar refractivity (Wildman–Crippen MR) is 75.2 cm³/mol. The number of halogens is 3. The van der Waals surface area contributed by atoms with Crippen LogP contribution in [0.15, 0.2) is 41.6 Å². The topological polar surface area (TPSA) is 42.0 Å². The van der Waals surface area contributed by atoms with Gasteiger partial charge in [-0.1, -0.05) is 0 Å². The fourth-order valence-corrected chi connectivity index (χ4v) is 2.28. The normalized spacial score (nSPS) is 10.7. The van der Waals surface area contributed by atoms with Gasteiger partial charge < -0.3 is 5.32 Å². The number of alkyl halides is 2. The third-order valence-electron chi connectivity index (χ3n) is 2.65. The average Bonchev–Trinajstić information content (AvgIpc) is 2.42. The summed E-state index contributed by atoms with van der Waals surface area (Å²) in [5.41, 5.74) is 1.00. The van der Waals surface area contributed by atoms with Crippen LogP contribution in [0.5, 0.6) is 0 Å². The first-order chi connectivity index (χ1) is 9.97. The van der Waals surface area contributed by atoms with Crippen LogP contribution < -0.4 is 5.32 Å². The van der Waals surface area contributed by atoms with Crippen molar-refractivity contribution in [2.45, 2.75) is 17.7 Å². The van der Waals surface area contributed by atoms with Crippen molar-refractivity contribution in [2.24, 2.45) is 0 Å². The lowest BCUT2D eigenvalue weighted by molar-refractivity contribution is 0.102. The Bertz CT molecular complexity index is 664. The second-order valence-corrected chi connectivity index (χ2v) is 5.13. The van der Waals surface area contributed by atoms with Crippen molar-refractivity contribution in [3.05, 3.63) is 53.5 Å². The molecule has 0 aliphatic carbocycles. The van der Waals surface area contributed by atoms with Gasteiger partial charge in [-0.25, -0.2) is 9.37 Å². The van der Waals surface area contributed by atoms with Gasteiger partial charge in [0.15, 0.2) is 0 Å². The van der Waals surface area contributed by atoms with E-state index in [4.69, 9.17) is 0 Å². The van der Waals surface area contributed by atoms with Gasteiger partial charge in [0.05, 0.1) is 5.56 Å². The van der Waals surface area contributed by atoms with Gasteiger partial charge in [-0.3, -0.25) is 4.79 Å². The Morgan fingerprint density at radius 2 is 2.10 bits per heavy atom. The maximum Gasteiger partial charge on any atom is 0.290 e. The van der Waals surface area contributed by atoms with E-state index in [1.807, 2.05) is 0 Å². The van der Waals surface area contributed by atoms with E-state index in [-0.39, 0.29) is 22.4 Å². The summed E-state index contributed by atoms with van der Waals surface area (Å²) in [5.74, 6) is -3.65. The zero-order valence-corrected chi connectivity index (χ0v) is 11.8. The number of thioether (sulfide) groups is 1. The largest absolute Gasteiger partial charge is 0.322 e. The van der Waals surface area contributed by atoms with Crippen molar-refractivity contribution in [3.8, 4) is 0 Å². The minimum absolute atomic E-state index is 0.0477. The predicted octanol–water partition coefficient (Wildman–Crippen LogP) is 4.10. The van der Waals surface area contributed by atoms with E-state index in [2.05, 4.69) is 10.3 Å². The minimum Gasteiger partial charge on any atom is -0.322 e. The van der Waals surface area contributed by atoms with E-state index in [9.17, 15) is 18.0 Å². The van der Waals surface area contributed by atoms with Crippen LogP contribution in [-0.2, 0) is 0 Å². The van der Waals surface area contributed by atoms with Crippen LogP contribution in [0.1, 0.15) is 15.9 Å². The molecule has 1 heterocycles. The number of nitrogens with one attached hydrogen (secondary N) is 1. The number of pyridine rings is 1. The second kappa shape index (κ2) is 6.62. The Balaban J connectivity index is 2.24. The number of carbonyl (C=O) groups excluding carboxylic acids is 1. The molecule has 0 aliphatic rings. The summed E-state index contributed by atoms with van der Waals surface area (Å²) in [7, 11) is 0. The maximum absolute atomic E-state index is 13.0. The highest BCUT2D eigenvalue weighted by molar-refractivity contribution is 7.99. The molecule has 0 unspecified atom stereocenters. The summed E-state index contributed by atoms with van der Waals surface area (Å²) >= 11 is 0.205. The number of rotatable bonds is 4. The van der Waals surface area contributed by atoms with Gasteiger partial charge in [-0.05, 0) is 54.6 Å². The monoisotopic (exact) mass is 312 g/mol. The van der Waals surface area contributed by atoms with E-state index in [1.165, 1.54) is 36.5 Å². The van der Waals surface area contributed by atoms with Gasteiger partial charge in [0, 0.05) is 11.9 Å². The Morgan fingerprint density at radius 3 is 2.76 bits per heavy atom. The number of hydrogen-bond acceptors (Lipinski definition) is 3. The SMILES string of the molecule is Cc1cc(F)ccc1NC(=O)c1cccnc1SC(F)F. The van der Waals surface area contributed by atoms with Crippen molar-refractivity contribution >= 4 is 23.4 Å². The van der Waals surface area contributed by atoms with Gasteiger partial charge in [0.2, 0.25) is 0 Å². The highest BCUT2D eigenvalue weighted by Gasteiger charge is 2.17. The van der Waals surface area contributed by atoms with E-state index >= 15 is 0 Å². The van der Waals surface area contributed by atoms with Crippen LogP contribution >= 0.6 is 11.8 Å². The van der Waals surface area contributed by atoms with Crippen molar-refractivity contribution in [2.75, 3.05) is 5.32 Å². The number of anilines is 1.